The normalized spacial score (nSPS) is 12.1. The van der Waals surface area contributed by atoms with Crippen LogP contribution in [-0.2, 0) is 0 Å². The Balaban J connectivity index is 2.42. The van der Waals surface area contributed by atoms with Crippen molar-refractivity contribution in [3.63, 3.8) is 0 Å². The molecule has 0 radical (unpaired) electrons. The summed E-state index contributed by atoms with van der Waals surface area (Å²) in [7, 11) is 3.34. The fourth-order valence-electron chi connectivity index (χ4n) is 2.38. The number of aryl methyl sites for hydroxylation is 2. The number of benzene rings is 2. The fraction of sp³-hybridized carbons (Fsp3) is 0.294. The Morgan fingerprint density at radius 1 is 0.950 bits per heavy atom. The fourth-order valence-corrected chi connectivity index (χ4v) is 2.38. The molecule has 0 heterocycles. The average molecular weight is 271 g/mol. The molecule has 2 rings (SSSR count). The molecule has 20 heavy (non-hydrogen) atoms. The second kappa shape index (κ2) is 5.97. The van der Waals surface area contributed by atoms with E-state index in [2.05, 4.69) is 13.0 Å². The zero-order valence-corrected chi connectivity index (χ0v) is 12.4. The minimum Gasteiger partial charge on any atom is -0.497 e. The van der Waals surface area contributed by atoms with Crippen LogP contribution in [0.1, 0.15) is 28.3 Å². The van der Waals surface area contributed by atoms with Gasteiger partial charge in [-0.3, -0.25) is 0 Å². The molecule has 1 unspecified atom stereocenters. The van der Waals surface area contributed by atoms with Crippen molar-refractivity contribution in [2.45, 2.75) is 19.9 Å². The van der Waals surface area contributed by atoms with Crippen molar-refractivity contribution < 1.29 is 9.47 Å². The summed E-state index contributed by atoms with van der Waals surface area (Å²) in [5, 5.41) is 0. The van der Waals surface area contributed by atoms with Gasteiger partial charge >= 0.3 is 0 Å². The van der Waals surface area contributed by atoms with Gasteiger partial charge in [-0.1, -0.05) is 18.2 Å². The molecule has 0 aromatic heterocycles. The molecular weight excluding hydrogens is 250 g/mol. The number of hydrogen-bond acceptors (Lipinski definition) is 3. The Labute approximate surface area is 120 Å². The first-order valence-electron chi connectivity index (χ1n) is 6.61. The van der Waals surface area contributed by atoms with E-state index < -0.39 is 0 Å². The van der Waals surface area contributed by atoms with Gasteiger partial charge in [0.05, 0.1) is 20.3 Å². The van der Waals surface area contributed by atoms with Crippen LogP contribution in [-0.4, -0.2) is 14.2 Å². The largest absolute Gasteiger partial charge is 0.497 e. The second-order valence-corrected chi connectivity index (χ2v) is 4.93. The Bertz CT molecular complexity index is 608. The highest BCUT2D eigenvalue weighted by Crippen LogP contribution is 2.30. The molecule has 0 amide bonds. The van der Waals surface area contributed by atoms with E-state index in [1.54, 1.807) is 14.2 Å². The van der Waals surface area contributed by atoms with Gasteiger partial charge in [-0.05, 0) is 54.3 Å². The molecule has 0 aliphatic carbocycles. The van der Waals surface area contributed by atoms with Gasteiger partial charge in [0.2, 0.25) is 0 Å². The number of hydrogen-bond donors (Lipinski definition) is 1. The van der Waals surface area contributed by atoms with Crippen LogP contribution in [0.3, 0.4) is 0 Å². The summed E-state index contributed by atoms with van der Waals surface area (Å²) in [6.07, 6.45) is 0. The van der Waals surface area contributed by atoms with Gasteiger partial charge in [0.25, 0.3) is 0 Å². The molecule has 2 aromatic carbocycles. The van der Waals surface area contributed by atoms with Gasteiger partial charge in [0.15, 0.2) is 0 Å². The van der Waals surface area contributed by atoms with E-state index in [1.807, 2.05) is 37.3 Å². The predicted molar refractivity (Wildman–Crippen MR) is 81.5 cm³/mol. The maximum absolute atomic E-state index is 6.40. The number of ether oxygens (including phenoxy) is 2. The van der Waals surface area contributed by atoms with E-state index in [0.29, 0.717) is 0 Å². The molecule has 0 aliphatic rings. The molecule has 0 bridgehead atoms. The van der Waals surface area contributed by atoms with E-state index in [-0.39, 0.29) is 6.04 Å². The van der Waals surface area contributed by atoms with Crippen LogP contribution in [0.5, 0.6) is 11.5 Å². The van der Waals surface area contributed by atoms with Gasteiger partial charge < -0.3 is 15.2 Å². The summed E-state index contributed by atoms with van der Waals surface area (Å²) >= 11 is 0. The summed E-state index contributed by atoms with van der Waals surface area (Å²) in [5.41, 5.74) is 10.8. The molecule has 0 saturated carbocycles. The zero-order chi connectivity index (χ0) is 14.7. The molecule has 106 valence electrons. The van der Waals surface area contributed by atoms with Crippen LogP contribution in [0.2, 0.25) is 0 Å². The van der Waals surface area contributed by atoms with E-state index in [4.69, 9.17) is 15.2 Å². The molecular formula is C17H21NO2. The lowest BCUT2D eigenvalue weighted by atomic mass is 9.94. The summed E-state index contributed by atoms with van der Waals surface area (Å²) < 4.78 is 10.6. The second-order valence-electron chi connectivity index (χ2n) is 4.93. The van der Waals surface area contributed by atoms with Crippen LogP contribution in [0.15, 0.2) is 36.4 Å². The van der Waals surface area contributed by atoms with Crippen molar-refractivity contribution in [1.29, 1.82) is 0 Å². The van der Waals surface area contributed by atoms with Crippen molar-refractivity contribution in [2.75, 3.05) is 14.2 Å². The molecule has 0 fully saturated rings. The smallest absolute Gasteiger partial charge is 0.122 e. The summed E-state index contributed by atoms with van der Waals surface area (Å²) in [4.78, 5) is 0. The van der Waals surface area contributed by atoms with Crippen LogP contribution in [0, 0.1) is 13.8 Å². The number of rotatable bonds is 4. The van der Waals surface area contributed by atoms with Crippen molar-refractivity contribution >= 4 is 0 Å². The molecule has 2 N–H and O–H groups in total. The van der Waals surface area contributed by atoms with E-state index in [1.165, 1.54) is 0 Å². The Kier molecular flexibility index (Phi) is 4.30. The maximum Gasteiger partial charge on any atom is 0.122 e. The van der Waals surface area contributed by atoms with Crippen molar-refractivity contribution in [2.24, 2.45) is 5.73 Å². The average Bonchev–Trinajstić information content (AvgIpc) is 2.48. The Hall–Kier alpha value is -2.00. The van der Waals surface area contributed by atoms with Gasteiger partial charge in [-0.15, -0.1) is 0 Å². The van der Waals surface area contributed by atoms with Crippen LogP contribution in [0.25, 0.3) is 0 Å². The first-order chi connectivity index (χ1) is 9.56. The third-order valence-electron chi connectivity index (χ3n) is 3.57. The SMILES string of the molecule is COc1cccc(C(N)c2cc(C)c(OC)cc2C)c1. The molecule has 0 spiro atoms. The molecule has 2 aromatic rings. The lowest BCUT2D eigenvalue weighted by molar-refractivity contribution is 0.411. The maximum atomic E-state index is 6.40. The van der Waals surface area contributed by atoms with E-state index >= 15 is 0 Å². The highest BCUT2D eigenvalue weighted by atomic mass is 16.5. The topological polar surface area (TPSA) is 44.5 Å². The quantitative estimate of drug-likeness (QED) is 0.927. The van der Waals surface area contributed by atoms with Crippen LogP contribution < -0.4 is 15.2 Å². The molecule has 0 aliphatic heterocycles. The van der Waals surface area contributed by atoms with Crippen molar-refractivity contribution in [3.05, 3.63) is 58.7 Å². The lowest BCUT2D eigenvalue weighted by Gasteiger charge is -2.18. The Morgan fingerprint density at radius 3 is 2.35 bits per heavy atom. The van der Waals surface area contributed by atoms with Gasteiger partial charge in [-0.2, -0.15) is 0 Å². The Morgan fingerprint density at radius 2 is 1.70 bits per heavy atom. The third-order valence-corrected chi connectivity index (χ3v) is 3.57. The molecule has 1 atom stereocenters. The number of methoxy groups -OCH3 is 2. The zero-order valence-electron chi connectivity index (χ0n) is 12.4. The summed E-state index contributed by atoms with van der Waals surface area (Å²) in [6.45, 7) is 4.08. The van der Waals surface area contributed by atoms with Crippen LogP contribution >= 0.6 is 0 Å². The monoisotopic (exact) mass is 271 g/mol. The van der Waals surface area contributed by atoms with E-state index in [0.717, 1.165) is 33.8 Å². The molecule has 0 saturated heterocycles. The minimum atomic E-state index is -0.172. The van der Waals surface area contributed by atoms with Gasteiger partial charge in [0, 0.05) is 0 Å². The lowest BCUT2D eigenvalue weighted by Crippen LogP contribution is -2.13. The molecule has 3 heteroatoms. The van der Waals surface area contributed by atoms with Gasteiger partial charge in [0.1, 0.15) is 11.5 Å². The standard InChI is InChI=1S/C17H21NO2/c1-11-9-16(20-4)12(2)8-15(11)17(18)13-6-5-7-14(10-13)19-3/h5-10,17H,18H2,1-4H3. The first kappa shape index (κ1) is 14.4. The van der Waals surface area contributed by atoms with Crippen LogP contribution in [0.4, 0.5) is 0 Å². The molecule has 3 nitrogen and oxygen atoms in total. The number of nitrogens with two attached hydrogens (primary N) is 1. The highest BCUT2D eigenvalue weighted by molar-refractivity contribution is 5.46. The summed E-state index contributed by atoms with van der Waals surface area (Å²) in [5.74, 6) is 1.71. The van der Waals surface area contributed by atoms with Gasteiger partial charge in [-0.25, -0.2) is 0 Å². The third kappa shape index (κ3) is 2.78. The van der Waals surface area contributed by atoms with E-state index in [9.17, 15) is 0 Å². The predicted octanol–water partition coefficient (Wildman–Crippen LogP) is 3.37. The summed E-state index contributed by atoms with van der Waals surface area (Å²) in [6, 6.07) is 11.8. The van der Waals surface area contributed by atoms with Crippen molar-refractivity contribution in [1.82, 2.24) is 0 Å². The highest BCUT2D eigenvalue weighted by Gasteiger charge is 2.14. The first-order valence-corrected chi connectivity index (χ1v) is 6.61. The minimum absolute atomic E-state index is 0.172. The van der Waals surface area contributed by atoms with Crippen molar-refractivity contribution in [3.8, 4) is 11.5 Å².